The number of aromatic nitrogens is 1. The predicted octanol–water partition coefficient (Wildman–Crippen LogP) is 0.819. The zero-order valence-corrected chi connectivity index (χ0v) is 9.03. The summed E-state index contributed by atoms with van der Waals surface area (Å²) in [4.78, 5) is 2.38. The molecule has 0 unspecified atom stereocenters. The zero-order valence-electron chi connectivity index (χ0n) is 9.03. The molecule has 2 rings (SSSR count). The van der Waals surface area contributed by atoms with Gasteiger partial charge in [0.25, 0.3) is 0 Å². The summed E-state index contributed by atoms with van der Waals surface area (Å²) in [5, 5.41) is 3.59. The molecule has 0 spiro atoms. The van der Waals surface area contributed by atoms with Crippen LogP contribution in [-0.4, -0.2) is 35.6 Å². The highest BCUT2D eigenvalue weighted by molar-refractivity contribution is 5.06. The second-order valence-corrected chi connectivity index (χ2v) is 4.24. The van der Waals surface area contributed by atoms with Crippen LogP contribution in [-0.2, 0) is 13.6 Å². The summed E-state index contributed by atoms with van der Waals surface area (Å²) in [6.07, 6.45) is 3.37. The highest BCUT2D eigenvalue weighted by Gasteiger charge is 2.18. The fourth-order valence-corrected chi connectivity index (χ4v) is 2.03. The number of likely N-dealkylation sites (N-methyl/N-ethyl adjacent to an activating group) is 1. The van der Waals surface area contributed by atoms with Gasteiger partial charge in [0.15, 0.2) is 0 Å². The average molecular weight is 193 g/mol. The van der Waals surface area contributed by atoms with Crippen LogP contribution in [0.25, 0.3) is 0 Å². The van der Waals surface area contributed by atoms with Gasteiger partial charge in [-0.15, -0.1) is 0 Å². The summed E-state index contributed by atoms with van der Waals surface area (Å²) in [5.74, 6) is 0. The molecule has 1 aromatic rings. The molecule has 1 atom stereocenters. The maximum atomic E-state index is 3.59. The molecule has 3 heteroatoms. The van der Waals surface area contributed by atoms with Gasteiger partial charge in [-0.05, 0) is 32.1 Å². The minimum absolute atomic E-state index is 0.676. The molecular formula is C11H19N3. The van der Waals surface area contributed by atoms with Crippen molar-refractivity contribution in [3.8, 4) is 0 Å². The first-order valence-electron chi connectivity index (χ1n) is 5.28. The molecule has 0 amide bonds. The second-order valence-electron chi connectivity index (χ2n) is 4.24. The molecule has 1 aliphatic heterocycles. The summed E-state index contributed by atoms with van der Waals surface area (Å²) < 4.78 is 2.17. The largest absolute Gasteiger partial charge is 0.353 e. The Labute approximate surface area is 85.7 Å². The molecule has 0 saturated carbocycles. The van der Waals surface area contributed by atoms with Crippen molar-refractivity contribution in [2.24, 2.45) is 7.05 Å². The first kappa shape index (κ1) is 9.74. The molecule has 3 nitrogen and oxygen atoms in total. The summed E-state index contributed by atoms with van der Waals surface area (Å²) in [6.45, 7) is 3.40. The van der Waals surface area contributed by atoms with E-state index in [1.165, 1.54) is 25.2 Å². The van der Waals surface area contributed by atoms with Crippen molar-refractivity contribution in [1.29, 1.82) is 0 Å². The minimum atomic E-state index is 0.676. The van der Waals surface area contributed by atoms with Crippen molar-refractivity contribution in [3.05, 3.63) is 24.0 Å². The van der Waals surface area contributed by atoms with E-state index in [-0.39, 0.29) is 0 Å². The van der Waals surface area contributed by atoms with Crippen LogP contribution in [0.3, 0.4) is 0 Å². The first-order chi connectivity index (χ1) is 6.75. The summed E-state index contributed by atoms with van der Waals surface area (Å²) in [5.41, 5.74) is 1.36. The van der Waals surface area contributed by atoms with Gasteiger partial charge in [0.2, 0.25) is 0 Å². The van der Waals surface area contributed by atoms with Gasteiger partial charge in [-0.1, -0.05) is 0 Å². The van der Waals surface area contributed by atoms with Crippen LogP contribution < -0.4 is 5.32 Å². The molecule has 0 radical (unpaired) electrons. The van der Waals surface area contributed by atoms with E-state index in [4.69, 9.17) is 0 Å². The van der Waals surface area contributed by atoms with Gasteiger partial charge in [0.1, 0.15) is 0 Å². The summed E-state index contributed by atoms with van der Waals surface area (Å²) in [7, 11) is 4.28. The third kappa shape index (κ3) is 2.16. The molecule has 1 aliphatic rings. The van der Waals surface area contributed by atoms with Gasteiger partial charge < -0.3 is 14.8 Å². The van der Waals surface area contributed by atoms with Gasteiger partial charge >= 0.3 is 0 Å². The lowest BCUT2D eigenvalue weighted by Gasteiger charge is -2.13. The van der Waals surface area contributed by atoms with Gasteiger partial charge in [0, 0.05) is 38.1 Å². The minimum Gasteiger partial charge on any atom is -0.353 e. The van der Waals surface area contributed by atoms with Gasteiger partial charge in [-0.2, -0.15) is 0 Å². The number of nitrogens with one attached hydrogen (secondary N) is 1. The second kappa shape index (κ2) is 4.15. The van der Waals surface area contributed by atoms with Crippen LogP contribution in [0.15, 0.2) is 18.3 Å². The average Bonchev–Trinajstić information content (AvgIpc) is 2.72. The molecule has 0 aliphatic carbocycles. The molecule has 0 bridgehead atoms. The lowest BCUT2D eigenvalue weighted by molar-refractivity contribution is 0.396. The smallest absolute Gasteiger partial charge is 0.0362 e. The third-order valence-corrected chi connectivity index (χ3v) is 3.01. The Hall–Kier alpha value is -0.800. The molecule has 78 valence electrons. The lowest BCUT2D eigenvalue weighted by Crippen LogP contribution is -2.31. The molecule has 2 heterocycles. The quantitative estimate of drug-likeness (QED) is 0.767. The topological polar surface area (TPSA) is 20.2 Å². The number of rotatable bonds is 3. The van der Waals surface area contributed by atoms with Crippen molar-refractivity contribution in [2.75, 3.05) is 20.1 Å². The molecule has 1 saturated heterocycles. The molecular weight excluding hydrogens is 174 g/mol. The molecule has 1 aromatic heterocycles. The zero-order chi connectivity index (χ0) is 9.97. The van der Waals surface area contributed by atoms with E-state index in [0.717, 1.165) is 6.54 Å². The number of aryl methyl sites for hydroxylation is 1. The lowest BCUT2D eigenvalue weighted by atomic mass is 10.2. The summed E-state index contributed by atoms with van der Waals surface area (Å²) in [6, 6.07) is 4.94. The van der Waals surface area contributed by atoms with E-state index in [1.807, 2.05) is 0 Å². The highest BCUT2D eigenvalue weighted by atomic mass is 15.2. The Morgan fingerprint density at radius 2 is 2.36 bits per heavy atom. The first-order valence-corrected chi connectivity index (χ1v) is 5.28. The Bertz CT molecular complexity index is 292. The normalized spacial score (nSPS) is 23.1. The number of likely N-dealkylation sites (tertiary alicyclic amines) is 1. The van der Waals surface area contributed by atoms with Gasteiger partial charge in [-0.25, -0.2) is 0 Å². The van der Waals surface area contributed by atoms with E-state index in [0.29, 0.717) is 6.04 Å². The van der Waals surface area contributed by atoms with Crippen molar-refractivity contribution in [3.63, 3.8) is 0 Å². The van der Waals surface area contributed by atoms with Crippen LogP contribution in [0.5, 0.6) is 0 Å². The Morgan fingerprint density at radius 1 is 1.50 bits per heavy atom. The standard InChI is InChI=1S/C11H19N3/c1-13-7-5-10(9-13)12-8-11-4-3-6-14(11)2/h3-4,6,10,12H,5,7-9H2,1-2H3/t10-/m1/s1. The van der Waals surface area contributed by atoms with E-state index < -0.39 is 0 Å². The molecule has 0 aromatic carbocycles. The molecule has 1 fully saturated rings. The SMILES string of the molecule is CN1CC[C@@H](NCc2cccn2C)C1. The number of hydrogen-bond acceptors (Lipinski definition) is 2. The van der Waals surface area contributed by atoms with E-state index in [9.17, 15) is 0 Å². The Kier molecular flexibility index (Phi) is 2.89. The number of nitrogens with zero attached hydrogens (tertiary/aromatic N) is 2. The fourth-order valence-electron chi connectivity index (χ4n) is 2.03. The fraction of sp³-hybridized carbons (Fsp3) is 0.636. The van der Waals surface area contributed by atoms with Gasteiger partial charge in [0.05, 0.1) is 0 Å². The van der Waals surface area contributed by atoms with Crippen LogP contribution in [0.1, 0.15) is 12.1 Å². The van der Waals surface area contributed by atoms with Crippen LogP contribution in [0.4, 0.5) is 0 Å². The molecule has 14 heavy (non-hydrogen) atoms. The van der Waals surface area contributed by atoms with Gasteiger partial charge in [-0.3, -0.25) is 0 Å². The van der Waals surface area contributed by atoms with E-state index in [2.05, 4.69) is 47.2 Å². The monoisotopic (exact) mass is 193 g/mol. The third-order valence-electron chi connectivity index (χ3n) is 3.01. The maximum absolute atomic E-state index is 3.59. The maximum Gasteiger partial charge on any atom is 0.0362 e. The Morgan fingerprint density at radius 3 is 2.93 bits per heavy atom. The van der Waals surface area contributed by atoms with Crippen LogP contribution in [0, 0.1) is 0 Å². The van der Waals surface area contributed by atoms with Crippen molar-refractivity contribution >= 4 is 0 Å². The van der Waals surface area contributed by atoms with E-state index >= 15 is 0 Å². The Balaban J connectivity index is 1.80. The van der Waals surface area contributed by atoms with E-state index in [1.54, 1.807) is 0 Å². The van der Waals surface area contributed by atoms with Crippen LogP contribution >= 0.6 is 0 Å². The summed E-state index contributed by atoms with van der Waals surface area (Å²) >= 11 is 0. The van der Waals surface area contributed by atoms with Crippen molar-refractivity contribution in [1.82, 2.24) is 14.8 Å². The van der Waals surface area contributed by atoms with Crippen molar-refractivity contribution in [2.45, 2.75) is 19.0 Å². The molecule has 1 N–H and O–H groups in total. The number of hydrogen-bond donors (Lipinski definition) is 1. The van der Waals surface area contributed by atoms with Crippen LogP contribution in [0.2, 0.25) is 0 Å². The van der Waals surface area contributed by atoms with Crippen molar-refractivity contribution < 1.29 is 0 Å². The predicted molar refractivity (Wildman–Crippen MR) is 58.2 cm³/mol. The highest BCUT2D eigenvalue weighted by Crippen LogP contribution is 2.07.